The van der Waals surface area contributed by atoms with E-state index in [-0.39, 0.29) is 6.04 Å². The highest BCUT2D eigenvalue weighted by Gasteiger charge is 2.20. The van der Waals surface area contributed by atoms with E-state index in [2.05, 4.69) is 58.3 Å². The fourth-order valence-electron chi connectivity index (χ4n) is 2.40. The fourth-order valence-corrected chi connectivity index (χ4v) is 3.13. The number of hydrogen-bond donors (Lipinski definition) is 2. The number of aryl methyl sites for hydroxylation is 3. The standard InChI is InChI=1S/C15H22BrN5/c1-4-11-15(16)14(21(5-2)20-11)9-13(19-17)12-8-10(3)6-7-18-12/h6-8,13,19H,4-5,9,17H2,1-3H3. The molecule has 3 N–H and O–H groups in total. The molecular weight excluding hydrogens is 330 g/mol. The minimum Gasteiger partial charge on any atom is -0.271 e. The second kappa shape index (κ2) is 7.15. The lowest BCUT2D eigenvalue weighted by atomic mass is 10.1. The average Bonchev–Trinajstić information content (AvgIpc) is 2.80. The van der Waals surface area contributed by atoms with Gasteiger partial charge >= 0.3 is 0 Å². The van der Waals surface area contributed by atoms with Crippen molar-refractivity contribution >= 4 is 15.9 Å². The summed E-state index contributed by atoms with van der Waals surface area (Å²) in [6, 6.07) is 4.01. The topological polar surface area (TPSA) is 68.8 Å². The molecule has 0 aliphatic heterocycles. The summed E-state index contributed by atoms with van der Waals surface area (Å²) < 4.78 is 3.11. The Morgan fingerprint density at radius 3 is 2.76 bits per heavy atom. The first-order valence-corrected chi connectivity index (χ1v) is 8.02. The maximum Gasteiger partial charge on any atom is 0.0766 e. The molecule has 1 unspecified atom stereocenters. The Bertz CT molecular complexity index is 608. The minimum absolute atomic E-state index is 0.0343. The number of nitrogens with one attached hydrogen (secondary N) is 1. The monoisotopic (exact) mass is 351 g/mol. The van der Waals surface area contributed by atoms with E-state index in [1.165, 1.54) is 5.56 Å². The van der Waals surface area contributed by atoms with E-state index in [1.807, 2.05) is 16.9 Å². The summed E-state index contributed by atoms with van der Waals surface area (Å²) in [6.45, 7) is 7.10. The predicted molar refractivity (Wildman–Crippen MR) is 87.7 cm³/mol. The first-order chi connectivity index (χ1) is 10.1. The Morgan fingerprint density at radius 1 is 1.43 bits per heavy atom. The highest BCUT2D eigenvalue weighted by molar-refractivity contribution is 9.10. The second-order valence-corrected chi connectivity index (χ2v) is 5.85. The van der Waals surface area contributed by atoms with E-state index in [0.717, 1.165) is 40.9 Å². The molecule has 0 radical (unpaired) electrons. The number of nitrogens with zero attached hydrogens (tertiary/aromatic N) is 3. The van der Waals surface area contributed by atoms with Crippen molar-refractivity contribution in [2.24, 2.45) is 5.84 Å². The molecule has 0 spiro atoms. The molecule has 114 valence electrons. The second-order valence-electron chi connectivity index (χ2n) is 5.06. The van der Waals surface area contributed by atoms with Gasteiger partial charge in [0.05, 0.1) is 27.6 Å². The minimum atomic E-state index is -0.0343. The lowest BCUT2D eigenvalue weighted by molar-refractivity contribution is 0.506. The molecule has 0 bridgehead atoms. The Balaban J connectivity index is 2.32. The fraction of sp³-hybridized carbons (Fsp3) is 0.467. The van der Waals surface area contributed by atoms with Gasteiger partial charge < -0.3 is 0 Å². The van der Waals surface area contributed by atoms with Gasteiger partial charge in [-0.25, -0.2) is 0 Å². The van der Waals surface area contributed by atoms with Crippen molar-refractivity contribution in [3.05, 3.63) is 45.4 Å². The Morgan fingerprint density at radius 2 is 2.19 bits per heavy atom. The molecule has 5 nitrogen and oxygen atoms in total. The summed E-state index contributed by atoms with van der Waals surface area (Å²) in [5, 5.41) is 4.63. The van der Waals surface area contributed by atoms with Gasteiger partial charge in [0.2, 0.25) is 0 Å². The van der Waals surface area contributed by atoms with E-state index in [4.69, 9.17) is 5.84 Å². The number of hydrazine groups is 1. The van der Waals surface area contributed by atoms with Gasteiger partial charge in [-0.1, -0.05) is 6.92 Å². The van der Waals surface area contributed by atoms with Gasteiger partial charge in [-0.15, -0.1) is 0 Å². The maximum absolute atomic E-state index is 5.75. The van der Waals surface area contributed by atoms with Gasteiger partial charge in [-0.2, -0.15) is 5.10 Å². The zero-order valence-electron chi connectivity index (χ0n) is 12.7. The zero-order chi connectivity index (χ0) is 15.4. The third kappa shape index (κ3) is 3.51. The first-order valence-electron chi connectivity index (χ1n) is 7.23. The van der Waals surface area contributed by atoms with E-state index in [0.29, 0.717) is 0 Å². The molecule has 2 aromatic rings. The number of pyridine rings is 1. The molecule has 0 saturated heterocycles. The van der Waals surface area contributed by atoms with Gasteiger partial charge in [0.15, 0.2) is 0 Å². The number of aromatic nitrogens is 3. The molecule has 0 aliphatic carbocycles. The molecule has 1 atom stereocenters. The van der Waals surface area contributed by atoms with E-state index < -0.39 is 0 Å². The Labute approximate surface area is 134 Å². The number of halogens is 1. The summed E-state index contributed by atoms with van der Waals surface area (Å²) in [6.07, 6.45) is 3.47. The summed E-state index contributed by atoms with van der Waals surface area (Å²) >= 11 is 3.68. The van der Waals surface area contributed by atoms with Crippen molar-refractivity contribution in [3.63, 3.8) is 0 Å². The van der Waals surface area contributed by atoms with Gasteiger partial charge in [0.1, 0.15) is 0 Å². The lowest BCUT2D eigenvalue weighted by Crippen LogP contribution is -2.31. The predicted octanol–water partition coefficient (Wildman–Crippen LogP) is 2.68. The van der Waals surface area contributed by atoms with Crippen LogP contribution in [0.15, 0.2) is 22.8 Å². The molecule has 2 heterocycles. The summed E-state index contributed by atoms with van der Waals surface area (Å²) in [7, 11) is 0. The SMILES string of the molecule is CCc1nn(CC)c(CC(NN)c2cc(C)ccn2)c1Br. The third-order valence-electron chi connectivity index (χ3n) is 3.59. The molecule has 0 aliphatic rings. The summed E-state index contributed by atoms with van der Waals surface area (Å²) in [5.41, 5.74) is 7.24. The smallest absolute Gasteiger partial charge is 0.0766 e. The number of hydrogen-bond acceptors (Lipinski definition) is 4. The molecule has 2 aromatic heterocycles. The first kappa shape index (κ1) is 16.1. The molecular formula is C15H22BrN5. The van der Waals surface area contributed by atoms with Gasteiger partial charge in [0, 0.05) is 19.2 Å². The normalized spacial score (nSPS) is 12.6. The van der Waals surface area contributed by atoms with Crippen molar-refractivity contribution in [3.8, 4) is 0 Å². The van der Waals surface area contributed by atoms with Crippen LogP contribution >= 0.6 is 15.9 Å². The largest absolute Gasteiger partial charge is 0.271 e. The van der Waals surface area contributed by atoms with Crippen LogP contribution in [0, 0.1) is 6.92 Å². The van der Waals surface area contributed by atoms with Crippen LogP contribution in [0.2, 0.25) is 0 Å². The van der Waals surface area contributed by atoms with Crippen LogP contribution in [0.25, 0.3) is 0 Å². The summed E-state index contributed by atoms with van der Waals surface area (Å²) in [5.74, 6) is 5.75. The average molecular weight is 352 g/mol. The van der Waals surface area contributed by atoms with E-state index in [9.17, 15) is 0 Å². The van der Waals surface area contributed by atoms with Crippen LogP contribution in [-0.2, 0) is 19.4 Å². The van der Waals surface area contributed by atoms with Crippen molar-refractivity contribution in [2.75, 3.05) is 0 Å². The van der Waals surface area contributed by atoms with Crippen LogP contribution in [0.5, 0.6) is 0 Å². The molecule has 0 fully saturated rings. The Hall–Kier alpha value is -1.24. The summed E-state index contributed by atoms with van der Waals surface area (Å²) in [4.78, 5) is 4.43. The van der Waals surface area contributed by atoms with Gasteiger partial charge in [0.25, 0.3) is 0 Å². The molecule has 21 heavy (non-hydrogen) atoms. The van der Waals surface area contributed by atoms with Crippen LogP contribution < -0.4 is 11.3 Å². The highest BCUT2D eigenvalue weighted by Crippen LogP contribution is 2.26. The molecule has 0 saturated carbocycles. The lowest BCUT2D eigenvalue weighted by Gasteiger charge is -2.17. The number of rotatable bonds is 6. The van der Waals surface area contributed by atoms with Crippen molar-refractivity contribution in [1.82, 2.24) is 20.2 Å². The van der Waals surface area contributed by atoms with E-state index >= 15 is 0 Å². The van der Waals surface area contributed by atoms with Crippen LogP contribution in [-0.4, -0.2) is 14.8 Å². The zero-order valence-corrected chi connectivity index (χ0v) is 14.3. The van der Waals surface area contributed by atoms with E-state index in [1.54, 1.807) is 0 Å². The Kier molecular flexibility index (Phi) is 5.50. The number of nitrogens with two attached hydrogens (primary N) is 1. The van der Waals surface area contributed by atoms with Crippen molar-refractivity contribution in [2.45, 2.75) is 46.2 Å². The molecule has 0 amide bonds. The third-order valence-corrected chi connectivity index (χ3v) is 4.50. The van der Waals surface area contributed by atoms with Crippen LogP contribution in [0.3, 0.4) is 0 Å². The van der Waals surface area contributed by atoms with Gasteiger partial charge in [-0.3, -0.25) is 20.9 Å². The highest BCUT2D eigenvalue weighted by atomic mass is 79.9. The molecule has 6 heteroatoms. The molecule has 2 rings (SSSR count). The van der Waals surface area contributed by atoms with Crippen LogP contribution in [0.1, 0.15) is 42.5 Å². The molecule has 0 aromatic carbocycles. The maximum atomic E-state index is 5.75. The van der Waals surface area contributed by atoms with Crippen LogP contribution in [0.4, 0.5) is 0 Å². The van der Waals surface area contributed by atoms with Gasteiger partial charge in [-0.05, 0) is 53.9 Å². The van der Waals surface area contributed by atoms with Crippen molar-refractivity contribution in [1.29, 1.82) is 0 Å². The van der Waals surface area contributed by atoms with Crippen molar-refractivity contribution < 1.29 is 0 Å². The quantitative estimate of drug-likeness (QED) is 0.620.